The number of aliphatic imine (C=N–C) groups is 1. The highest BCUT2D eigenvalue weighted by molar-refractivity contribution is 5.94. The van der Waals surface area contributed by atoms with Crippen LogP contribution < -0.4 is 11.1 Å². The zero-order valence-electron chi connectivity index (χ0n) is 11.5. The Morgan fingerprint density at radius 1 is 1.38 bits per heavy atom. The van der Waals surface area contributed by atoms with Crippen molar-refractivity contribution in [2.45, 2.75) is 13.3 Å². The third kappa shape index (κ3) is 3.75. The van der Waals surface area contributed by atoms with Gasteiger partial charge < -0.3 is 11.1 Å². The molecule has 0 spiro atoms. The second kappa shape index (κ2) is 6.47. The van der Waals surface area contributed by atoms with E-state index in [0.29, 0.717) is 0 Å². The number of anilines is 1. The van der Waals surface area contributed by atoms with Crippen LogP contribution >= 0.6 is 0 Å². The first-order valence-corrected chi connectivity index (χ1v) is 6.39. The smallest absolute Gasteiger partial charge is 0.313 e. The Bertz CT molecular complexity index is 667. The molecule has 7 nitrogen and oxygen atoms in total. The van der Waals surface area contributed by atoms with Gasteiger partial charge >= 0.3 is 5.69 Å². The molecule has 0 amide bonds. The fraction of sp³-hybridized carbons (Fsp3) is 0.143. The monoisotopic (exact) mass is 285 g/mol. The summed E-state index contributed by atoms with van der Waals surface area (Å²) in [4.78, 5) is 18.1. The predicted molar refractivity (Wildman–Crippen MR) is 81.6 cm³/mol. The molecule has 1 aromatic heterocycles. The van der Waals surface area contributed by atoms with E-state index in [1.54, 1.807) is 0 Å². The molecule has 21 heavy (non-hydrogen) atoms. The van der Waals surface area contributed by atoms with Gasteiger partial charge in [0.1, 0.15) is 0 Å². The number of aromatic nitrogens is 1. The lowest BCUT2D eigenvalue weighted by molar-refractivity contribution is -0.384. The summed E-state index contributed by atoms with van der Waals surface area (Å²) >= 11 is 0. The van der Waals surface area contributed by atoms with Crippen molar-refractivity contribution in [3.8, 4) is 0 Å². The number of hydrogen-bond acceptors (Lipinski definition) is 4. The van der Waals surface area contributed by atoms with Gasteiger partial charge in [-0.1, -0.05) is 19.1 Å². The summed E-state index contributed by atoms with van der Waals surface area (Å²) in [5.41, 5.74) is 7.52. The Kier molecular flexibility index (Phi) is 4.45. The molecule has 3 N–H and O–H groups in total. The summed E-state index contributed by atoms with van der Waals surface area (Å²) < 4.78 is 0. The lowest BCUT2D eigenvalue weighted by atomic mass is 10.1. The van der Waals surface area contributed by atoms with Gasteiger partial charge in [0.2, 0.25) is 5.82 Å². The summed E-state index contributed by atoms with van der Waals surface area (Å²) in [7, 11) is 0. The summed E-state index contributed by atoms with van der Waals surface area (Å²) in [6.07, 6.45) is 2.37. The van der Waals surface area contributed by atoms with Gasteiger partial charge in [-0.25, -0.2) is 4.98 Å². The van der Waals surface area contributed by atoms with Crippen LogP contribution in [-0.4, -0.2) is 15.9 Å². The molecular weight excluding hydrogens is 270 g/mol. The van der Waals surface area contributed by atoms with Crippen molar-refractivity contribution in [1.29, 1.82) is 0 Å². The van der Waals surface area contributed by atoms with Crippen molar-refractivity contribution < 1.29 is 4.92 Å². The largest absolute Gasteiger partial charge is 0.369 e. The Morgan fingerprint density at radius 2 is 2.10 bits per heavy atom. The van der Waals surface area contributed by atoms with Crippen LogP contribution in [0.25, 0.3) is 0 Å². The van der Waals surface area contributed by atoms with Crippen molar-refractivity contribution >= 4 is 23.2 Å². The molecular formula is C14H15N5O2. The number of rotatable bonds is 4. The van der Waals surface area contributed by atoms with Gasteiger partial charge in [-0.05, 0) is 30.2 Å². The Morgan fingerprint density at radius 3 is 2.71 bits per heavy atom. The van der Waals surface area contributed by atoms with Crippen LogP contribution in [0.2, 0.25) is 0 Å². The third-order valence-corrected chi connectivity index (χ3v) is 2.82. The van der Waals surface area contributed by atoms with E-state index in [1.807, 2.05) is 24.3 Å². The first-order chi connectivity index (χ1) is 10.1. The Labute approximate surface area is 121 Å². The minimum Gasteiger partial charge on any atom is -0.369 e. The summed E-state index contributed by atoms with van der Waals surface area (Å²) in [5, 5.41) is 13.7. The standard InChI is InChI=1S/C14H15N5O2/c1-2-10-5-7-11(8-6-10)17-14(15)18-13-12(19(20)21)4-3-9-16-13/h3-9H,2H2,1H3,(H3,15,16,17,18). The van der Waals surface area contributed by atoms with Crippen LogP contribution in [-0.2, 0) is 6.42 Å². The molecule has 0 aliphatic rings. The maximum atomic E-state index is 10.9. The first-order valence-electron chi connectivity index (χ1n) is 6.39. The number of hydrogen-bond donors (Lipinski definition) is 2. The number of guanidine groups is 1. The number of benzene rings is 1. The molecule has 0 bridgehead atoms. The van der Waals surface area contributed by atoms with E-state index < -0.39 is 4.92 Å². The molecule has 108 valence electrons. The second-order valence-electron chi connectivity index (χ2n) is 4.28. The molecule has 2 rings (SSSR count). The van der Waals surface area contributed by atoms with E-state index in [9.17, 15) is 10.1 Å². The SMILES string of the molecule is CCc1ccc(N/C(N)=N/c2ncccc2[N+](=O)[O-])cc1. The topological polar surface area (TPSA) is 106 Å². The number of nitrogens with two attached hydrogens (primary N) is 1. The third-order valence-electron chi connectivity index (χ3n) is 2.82. The van der Waals surface area contributed by atoms with Crippen molar-refractivity contribution in [2.75, 3.05) is 5.32 Å². The molecule has 0 atom stereocenters. The zero-order chi connectivity index (χ0) is 15.2. The fourth-order valence-corrected chi connectivity index (χ4v) is 1.73. The summed E-state index contributed by atoms with van der Waals surface area (Å²) in [5.74, 6) is 0.0127. The number of nitro groups is 1. The maximum Gasteiger partial charge on any atom is 0.313 e. The van der Waals surface area contributed by atoms with Gasteiger partial charge in [0, 0.05) is 18.0 Å². The van der Waals surface area contributed by atoms with E-state index in [-0.39, 0.29) is 17.5 Å². The van der Waals surface area contributed by atoms with E-state index in [2.05, 4.69) is 22.2 Å². The molecule has 0 saturated carbocycles. The normalized spacial score (nSPS) is 11.2. The van der Waals surface area contributed by atoms with Gasteiger partial charge in [0.05, 0.1) is 4.92 Å². The van der Waals surface area contributed by atoms with Crippen LogP contribution in [0.3, 0.4) is 0 Å². The number of pyridine rings is 1. The zero-order valence-corrected chi connectivity index (χ0v) is 11.5. The van der Waals surface area contributed by atoms with E-state index in [4.69, 9.17) is 5.73 Å². The van der Waals surface area contributed by atoms with E-state index in [1.165, 1.54) is 23.9 Å². The van der Waals surface area contributed by atoms with Crippen molar-refractivity contribution in [2.24, 2.45) is 10.7 Å². The molecule has 0 radical (unpaired) electrons. The average Bonchev–Trinajstić information content (AvgIpc) is 2.48. The number of nitrogens with one attached hydrogen (secondary N) is 1. The van der Waals surface area contributed by atoms with Crippen LogP contribution in [0.15, 0.2) is 47.6 Å². The highest BCUT2D eigenvalue weighted by Gasteiger charge is 2.13. The highest BCUT2D eigenvalue weighted by Crippen LogP contribution is 2.23. The lowest BCUT2D eigenvalue weighted by Crippen LogP contribution is -2.22. The van der Waals surface area contributed by atoms with Crippen molar-refractivity contribution in [3.05, 3.63) is 58.3 Å². The molecule has 0 saturated heterocycles. The predicted octanol–water partition coefficient (Wildman–Crippen LogP) is 2.61. The average molecular weight is 285 g/mol. The van der Waals surface area contributed by atoms with Crippen LogP contribution in [0.4, 0.5) is 17.2 Å². The Balaban J connectivity index is 2.19. The first kappa shape index (κ1) is 14.4. The van der Waals surface area contributed by atoms with Crippen molar-refractivity contribution in [1.82, 2.24) is 4.98 Å². The van der Waals surface area contributed by atoms with E-state index in [0.717, 1.165) is 12.1 Å². The molecule has 0 fully saturated rings. The molecule has 1 heterocycles. The molecule has 0 aliphatic heterocycles. The number of nitrogens with zero attached hydrogens (tertiary/aromatic N) is 3. The van der Waals surface area contributed by atoms with Crippen LogP contribution in [0.1, 0.15) is 12.5 Å². The lowest BCUT2D eigenvalue weighted by Gasteiger charge is -2.06. The summed E-state index contributed by atoms with van der Waals surface area (Å²) in [6, 6.07) is 10.5. The van der Waals surface area contributed by atoms with Crippen LogP contribution in [0, 0.1) is 10.1 Å². The van der Waals surface area contributed by atoms with Gasteiger partial charge in [0.25, 0.3) is 0 Å². The molecule has 0 unspecified atom stereocenters. The van der Waals surface area contributed by atoms with Gasteiger partial charge in [-0.2, -0.15) is 4.99 Å². The quantitative estimate of drug-likeness (QED) is 0.388. The van der Waals surface area contributed by atoms with Crippen LogP contribution in [0.5, 0.6) is 0 Å². The fourth-order valence-electron chi connectivity index (χ4n) is 1.73. The van der Waals surface area contributed by atoms with Gasteiger partial charge in [-0.15, -0.1) is 0 Å². The van der Waals surface area contributed by atoms with Gasteiger partial charge in [-0.3, -0.25) is 10.1 Å². The van der Waals surface area contributed by atoms with Crippen molar-refractivity contribution in [3.63, 3.8) is 0 Å². The molecule has 0 aliphatic carbocycles. The summed E-state index contributed by atoms with van der Waals surface area (Å²) in [6.45, 7) is 2.07. The molecule has 7 heteroatoms. The Hall–Kier alpha value is -2.96. The second-order valence-corrected chi connectivity index (χ2v) is 4.28. The molecule has 2 aromatic rings. The number of aryl methyl sites for hydroxylation is 1. The van der Waals surface area contributed by atoms with E-state index >= 15 is 0 Å². The minimum absolute atomic E-state index is 0.0299. The van der Waals surface area contributed by atoms with Gasteiger partial charge in [0.15, 0.2) is 5.96 Å². The minimum atomic E-state index is -0.546. The maximum absolute atomic E-state index is 10.9. The molecule has 1 aromatic carbocycles. The highest BCUT2D eigenvalue weighted by atomic mass is 16.6.